The predicted molar refractivity (Wildman–Crippen MR) is 131 cm³/mol. The third kappa shape index (κ3) is 3.72. The minimum absolute atomic E-state index is 0.0803. The molecule has 4 aromatic rings. The Morgan fingerprint density at radius 3 is 2.64 bits per heavy atom. The fraction of sp³-hybridized carbons (Fsp3) is 0.280. The van der Waals surface area contributed by atoms with Crippen LogP contribution in [0.5, 0.6) is 0 Å². The van der Waals surface area contributed by atoms with Crippen molar-refractivity contribution in [2.75, 3.05) is 18.1 Å². The van der Waals surface area contributed by atoms with Crippen LogP contribution in [0.1, 0.15) is 18.4 Å². The van der Waals surface area contributed by atoms with E-state index >= 15 is 0 Å². The van der Waals surface area contributed by atoms with Crippen molar-refractivity contribution in [3.8, 4) is 11.1 Å². The van der Waals surface area contributed by atoms with E-state index < -0.39 is 0 Å². The van der Waals surface area contributed by atoms with E-state index in [1.807, 2.05) is 30.7 Å². The maximum atomic E-state index is 12.9. The Labute approximate surface area is 200 Å². The Morgan fingerprint density at radius 1 is 1.06 bits per heavy atom. The number of fused-ring (bicyclic) bond motifs is 3. The highest BCUT2D eigenvalue weighted by molar-refractivity contribution is 6.42. The fourth-order valence-corrected chi connectivity index (χ4v) is 5.38. The van der Waals surface area contributed by atoms with Gasteiger partial charge in [-0.3, -0.25) is 4.79 Å². The number of halogens is 2. The van der Waals surface area contributed by atoms with E-state index in [0.717, 1.165) is 59.5 Å². The molecule has 2 atom stereocenters. The maximum absolute atomic E-state index is 12.9. The molecule has 0 radical (unpaired) electrons. The SMILES string of the molecule is O=c1cc(-c2c[nH]c3ncc(N4C5CCC4COC5)cc23)ccn1Cc1ccc(Cl)c(Cl)c1. The van der Waals surface area contributed by atoms with Gasteiger partial charge in [0.15, 0.2) is 0 Å². The second-order valence-electron chi connectivity index (χ2n) is 8.75. The Hall–Kier alpha value is -2.80. The topological polar surface area (TPSA) is 63.1 Å². The predicted octanol–water partition coefficient (Wildman–Crippen LogP) is 5.11. The number of H-pyrrole nitrogens is 1. The maximum Gasteiger partial charge on any atom is 0.251 e. The third-order valence-electron chi connectivity index (χ3n) is 6.70. The first-order valence-corrected chi connectivity index (χ1v) is 11.8. The monoisotopic (exact) mass is 480 g/mol. The summed E-state index contributed by atoms with van der Waals surface area (Å²) < 4.78 is 7.39. The van der Waals surface area contributed by atoms with E-state index in [2.05, 4.69) is 20.9 Å². The smallest absolute Gasteiger partial charge is 0.251 e. The van der Waals surface area contributed by atoms with Crippen molar-refractivity contribution < 1.29 is 4.74 Å². The molecule has 1 N–H and O–H groups in total. The van der Waals surface area contributed by atoms with Crippen LogP contribution in [0, 0.1) is 0 Å². The van der Waals surface area contributed by atoms with Crippen LogP contribution in [0.2, 0.25) is 10.0 Å². The number of pyridine rings is 2. The number of benzene rings is 1. The molecule has 2 unspecified atom stereocenters. The lowest BCUT2D eigenvalue weighted by Crippen LogP contribution is -2.45. The molecule has 0 amide bonds. The molecule has 168 valence electrons. The van der Waals surface area contributed by atoms with Crippen LogP contribution in [0.4, 0.5) is 5.69 Å². The lowest BCUT2D eigenvalue weighted by atomic mass is 10.1. The molecule has 2 aliphatic rings. The van der Waals surface area contributed by atoms with E-state index in [1.165, 1.54) is 0 Å². The van der Waals surface area contributed by atoms with Gasteiger partial charge in [-0.1, -0.05) is 29.3 Å². The molecule has 2 saturated heterocycles. The Morgan fingerprint density at radius 2 is 1.88 bits per heavy atom. The molecule has 8 heteroatoms. The van der Waals surface area contributed by atoms with Gasteiger partial charge in [-0.15, -0.1) is 0 Å². The van der Waals surface area contributed by atoms with Gasteiger partial charge in [-0.05, 0) is 48.2 Å². The molecular weight excluding hydrogens is 459 g/mol. The first kappa shape index (κ1) is 20.8. The summed E-state index contributed by atoms with van der Waals surface area (Å²) in [6, 6.07) is 12.1. The summed E-state index contributed by atoms with van der Waals surface area (Å²) in [4.78, 5) is 23.3. The highest BCUT2D eigenvalue weighted by Crippen LogP contribution is 2.36. The number of hydrogen-bond donors (Lipinski definition) is 1. The average Bonchev–Trinajstić information content (AvgIpc) is 3.34. The van der Waals surface area contributed by atoms with Crippen LogP contribution in [0.3, 0.4) is 0 Å². The molecule has 6 rings (SSSR count). The molecule has 0 aliphatic carbocycles. The minimum Gasteiger partial charge on any atom is -0.377 e. The summed E-state index contributed by atoms with van der Waals surface area (Å²) in [6.45, 7) is 1.96. The van der Waals surface area contributed by atoms with E-state index in [4.69, 9.17) is 27.9 Å². The van der Waals surface area contributed by atoms with Gasteiger partial charge >= 0.3 is 0 Å². The lowest BCUT2D eigenvalue weighted by Gasteiger charge is -2.36. The van der Waals surface area contributed by atoms with Crippen molar-refractivity contribution in [3.63, 3.8) is 0 Å². The number of ether oxygens (including phenoxy) is 1. The van der Waals surface area contributed by atoms with E-state index in [1.54, 1.807) is 22.8 Å². The summed E-state index contributed by atoms with van der Waals surface area (Å²) >= 11 is 12.1. The zero-order chi connectivity index (χ0) is 22.5. The van der Waals surface area contributed by atoms with Crippen LogP contribution >= 0.6 is 23.2 Å². The zero-order valence-corrected chi connectivity index (χ0v) is 19.3. The van der Waals surface area contributed by atoms with Gasteiger partial charge in [-0.25, -0.2) is 4.98 Å². The van der Waals surface area contributed by atoms with Crippen molar-refractivity contribution in [2.24, 2.45) is 0 Å². The molecule has 2 aliphatic heterocycles. The van der Waals surface area contributed by atoms with Crippen LogP contribution in [-0.4, -0.2) is 39.8 Å². The first-order chi connectivity index (χ1) is 16.1. The van der Waals surface area contributed by atoms with Gasteiger partial charge in [0.05, 0.1) is 53.8 Å². The highest BCUT2D eigenvalue weighted by atomic mass is 35.5. The molecular formula is C25H22Cl2N4O2. The lowest BCUT2D eigenvalue weighted by molar-refractivity contribution is 0.0906. The third-order valence-corrected chi connectivity index (χ3v) is 7.44. The molecule has 6 nitrogen and oxygen atoms in total. The van der Waals surface area contributed by atoms with E-state index in [-0.39, 0.29) is 5.56 Å². The average molecular weight is 481 g/mol. The number of anilines is 1. The number of morpholine rings is 1. The molecule has 3 aromatic heterocycles. The van der Waals surface area contributed by atoms with Crippen molar-refractivity contribution in [3.05, 3.63) is 81.0 Å². The van der Waals surface area contributed by atoms with Crippen molar-refractivity contribution in [1.82, 2.24) is 14.5 Å². The normalized spacial score (nSPS) is 20.0. The Kier molecular flexibility index (Phi) is 5.17. The second-order valence-corrected chi connectivity index (χ2v) is 9.57. The van der Waals surface area contributed by atoms with Crippen molar-refractivity contribution in [2.45, 2.75) is 31.5 Å². The molecule has 33 heavy (non-hydrogen) atoms. The summed E-state index contributed by atoms with van der Waals surface area (Å²) in [5.41, 5.74) is 4.60. The van der Waals surface area contributed by atoms with Gasteiger partial charge < -0.3 is 19.2 Å². The molecule has 1 aromatic carbocycles. The number of aromatic nitrogens is 3. The van der Waals surface area contributed by atoms with Gasteiger partial charge in [-0.2, -0.15) is 0 Å². The van der Waals surface area contributed by atoms with Crippen molar-refractivity contribution >= 4 is 39.9 Å². The van der Waals surface area contributed by atoms with Gasteiger partial charge in [0.1, 0.15) is 5.65 Å². The zero-order valence-electron chi connectivity index (χ0n) is 17.8. The Bertz CT molecular complexity index is 1400. The van der Waals surface area contributed by atoms with Crippen molar-refractivity contribution in [1.29, 1.82) is 0 Å². The molecule has 2 bridgehead atoms. The van der Waals surface area contributed by atoms with Crippen LogP contribution in [0.25, 0.3) is 22.2 Å². The number of aromatic amines is 1. The second kappa shape index (κ2) is 8.20. The Balaban J connectivity index is 1.33. The van der Waals surface area contributed by atoms with Gasteiger partial charge in [0.25, 0.3) is 5.56 Å². The summed E-state index contributed by atoms with van der Waals surface area (Å²) in [7, 11) is 0. The van der Waals surface area contributed by atoms with E-state index in [0.29, 0.717) is 28.7 Å². The van der Waals surface area contributed by atoms with Crippen LogP contribution in [0.15, 0.2) is 59.8 Å². The first-order valence-electron chi connectivity index (χ1n) is 11.0. The van der Waals surface area contributed by atoms with Crippen LogP contribution < -0.4 is 10.5 Å². The summed E-state index contributed by atoms with van der Waals surface area (Å²) in [5.74, 6) is 0. The molecule has 5 heterocycles. The molecule has 0 spiro atoms. The number of rotatable bonds is 4. The number of nitrogens with zero attached hydrogens (tertiary/aromatic N) is 3. The number of nitrogens with one attached hydrogen (secondary N) is 1. The quantitative estimate of drug-likeness (QED) is 0.440. The summed E-state index contributed by atoms with van der Waals surface area (Å²) in [5, 5.41) is 2.00. The minimum atomic E-state index is -0.0803. The van der Waals surface area contributed by atoms with Gasteiger partial charge in [0, 0.05) is 29.4 Å². The molecule has 0 saturated carbocycles. The van der Waals surface area contributed by atoms with E-state index in [9.17, 15) is 4.79 Å². The standard InChI is InChI=1S/C25H22Cl2N4O2/c26-22-4-1-15(7-23(22)27)12-30-6-5-16(8-24(30)32)21-11-29-25-20(21)9-19(10-28-25)31-17-2-3-18(31)14-33-13-17/h1,4-11,17-18H,2-3,12-14H2,(H,28,29). The number of hydrogen-bond acceptors (Lipinski definition) is 4. The molecule has 2 fully saturated rings. The fourth-order valence-electron chi connectivity index (χ4n) is 5.06. The highest BCUT2D eigenvalue weighted by Gasteiger charge is 2.37. The summed E-state index contributed by atoms with van der Waals surface area (Å²) in [6.07, 6.45) is 7.99. The largest absolute Gasteiger partial charge is 0.377 e. The van der Waals surface area contributed by atoms with Crippen LogP contribution in [-0.2, 0) is 11.3 Å². The van der Waals surface area contributed by atoms with Gasteiger partial charge in [0.2, 0.25) is 0 Å².